The van der Waals surface area contributed by atoms with E-state index in [-0.39, 0.29) is 17.6 Å². The molecule has 0 saturated carbocycles. The minimum Gasteiger partial charge on any atom is -0.385 e. The topological polar surface area (TPSA) is 23.5 Å². The SMILES string of the molecule is OC1(c2ccccc2)CCN(CCCC(c2ccc(F)cc2)c2ccc(F)cc2)CC1. The average molecular weight is 422 g/mol. The van der Waals surface area contributed by atoms with Crippen LogP contribution in [0.4, 0.5) is 8.78 Å². The summed E-state index contributed by atoms with van der Waals surface area (Å²) in [6, 6.07) is 23.2. The third-order valence-electron chi connectivity index (χ3n) is 6.51. The van der Waals surface area contributed by atoms with Gasteiger partial charge in [0.25, 0.3) is 0 Å². The summed E-state index contributed by atoms with van der Waals surface area (Å²) in [5, 5.41) is 11.0. The molecule has 1 heterocycles. The second-order valence-corrected chi connectivity index (χ2v) is 8.54. The largest absolute Gasteiger partial charge is 0.385 e. The van der Waals surface area contributed by atoms with E-state index in [2.05, 4.69) is 4.90 Å². The van der Waals surface area contributed by atoms with Gasteiger partial charge in [-0.1, -0.05) is 54.6 Å². The minimum absolute atomic E-state index is 0.104. The Morgan fingerprint density at radius 2 is 1.29 bits per heavy atom. The summed E-state index contributed by atoms with van der Waals surface area (Å²) >= 11 is 0. The number of rotatable bonds is 7. The molecule has 0 spiro atoms. The van der Waals surface area contributed by atoms with Gasteiger partial charge in [-0.05, 0) is 73.2 Å². The van der Waals surface area contributed by atoms with Crippen LogP contribution in [0.5, 0.6) is 0 Å². The van der Waals surface area contributed by atoms with Gasteiger partial charge in [-0.15, -0.1) is 0 Å². The quantitative estimate of drug-likeness (QED) is 0.516. The lowest BCUT2D eigenvalue weighted by atomic mass is 9.84. The van der Waals surface area contributed by atoms with Crippen LogP contribution in [0.25, 0.3) is 0 Å². The minimum atomic E-state index is -0.734. The fourth-order valence-electron chi connectivity index (χ4n) is 4.62. The molecule has 0 bridgehead atoms. The summed E-state index contributed by atoms with van der Waals surface area (Å²) in [6.45, 7) is 2.68. The third-order valence-corrected chi connectivity index (χ3v) is 6.51. The molecule has 31 heavy (non-hydrogen) atoms. The molecular formula is C27H29F2NO. The fraction of sp³-hybridized carbons (Fsp3) is 0.333. The van der Waals surface area contributed by atoms with Gasteiger partial charge in [-0.3, -0.25) is 0 Å². The standard InChI is InChI=1S/C27H29F2NO/c28-24-12-8-21(9-13-24)26(22-10-14-25(29)15-11-22)7-4-18-30-19-16-27(31,17-20-30)23-5-2-1-3-6-23/h1-3,5-6,8-15,26,31H,4,7,16-20H2. The molecule has 1 fully saturated rings. The summed E-state index contributed by atoms with van der Waals surface area (Å²) in [5.74, 6) is -0.395. The van der Waals surface area contributed by atoms with E-state index in [9.17, 15) is 13.9 Å². The molecule has 0 aliphatic carbocycles. The molecule has 0 radical (unpaired) electrons. The molecule has 1 N–H and O–H groups in total. The number of likely N-dealkylation sites (tertiary alicyclic amines) is 1. The highest BCUT2D eigenvalue weighted by Crippen LogP contribution is 2.34. The van der Waals surface area contributed by atoms with Gasteiger partial charge >= 0.3 is 0 Å². The van der Waals surface area contributed by atoms with Crippen LogP contribution in [0.1, 0.15) is 48.3 Å². The summed E-state index contributed by atoms with van der Waals surface area (Å²) < 4.78 is 26.8. The van der Waals surface area contributed by atoms with Gasteiger partial charge in [0, 0.05) is 19.0 Å². The smallest absolute Gasteiger partial charge is 0.123 e. The number of aliphatic hydroxyl groups is 1. The zero-order chi connectivity index (χ0) is 21.7. The lowest BCUT2D eigenvalue weighted by Gasteiger charge is -2.38. The van der Waals surface area contributed by atoms with Crippen molar-refractivity contribution in [3.8, 4) is 0 Å². The number of hydrogen-bond acceptors (Lipinski definition) is 2. The Labute approximate surface area is 183 Å². The molecule has 1 aliphatic rings. The van der Waals surface area contributed by atoms with Crippen molar-refractivity contribution in [1.29, 1.82) is 0 Å². The molecule has 1 saturated heterocycles. The lowest BCUT2D eigenvalue weighted by molar-refractivity contribution is -0.0261. The first-order valence-electron chi connectivity index (χ1n) is 11.0. The highest BCUT2D eigenvalue weighted by atomic mass is 19.1. The van der Waals surface area contributed by atoms with Gasteiger partial charge in [-0.25, -0.2) is 8.78 Å². The predicted molar refractivity (Wildman–Crippen MR) is 120 cm³/mol. The molecule has 1 aliphatic heterocycles. The van der Waals surface area contributed by atoms with Crippen molar-refractivity contribution >= 4 is 0 Å². The van der Waals surface area contributed by atoms with Crippen molar-refractivity contribution in [3.05, 3.63) is 107 Å². The zero-order valence-electron chi connectivity index (χ0n) is 17.7. The Hall–Kier alpha value is -2.56. The molecule has 4 rings (SSSR count). The number of nitrogens with zero attached hydrogens (tertiary/aromatic N) is 1. The van der Waals surface area contributed by atoms with E-state index in [0.717, 1.165) is 62.0 Å². The number of halogens is 2. The van der Waals surface area contributed by atoms with E-state index in [1.165, 1.54) is 24.3 Å². The maximum absolute atomic E-state index is 13.4. The highest BCUT2D eigenvalue weighted by Gasteiger charge is 2.33. The van der Waals surface area contributed by atoms with Crippen molar-refractivity contribution < 1.29 is 13.9 Å². The van der Waals surface area contributed by atoms with E-state index in [0.29, 0.717) is 0 Å². The van der Waals surface area contributed by atoms with E-state index < -0.39 is 5.60 Å². The average Bonchev–Trinajstić information content (AvgIpc) is 2.80. The predicted octanol–water partition coefficient (Wildman–Crippen LogP) is 5.86. The van der Waals surface area contributed by atoms with Crippen LogP contribution in [-0.4, -0.2) is 29.6 Å². The maximum Gasteiger partial charge on any atom is 0.123 e. The molecule has 4 heteroatoms. The molecular weight excluding hydrogens is 392 g/mol. The van der Waals surface area contributed by atoms with Crippen molar-refractivity contribution in [2.24, 2.45) is 0 Å². The summed E-state index contributed by atoms with van der Waals surface area (Å²) in [5.41, 5.74) is 2.36. The Morgan fingerprint density at radius 3 is 1.81 bits per heavy atom. The Morgan fingerprint density at radius 1 is 0.774 bits per heavy atom. The van der Waals surface area contributed by atoms with Crippen LogP contribution in [-0.2, 0) is 5.60 Å². The van der Waals surface area contributed by atoms with Crippen molar-refractivity contribution in [3.63, 3.8) is 0 Å². The number of benzene rings is 3. The number of piperidine rings is 1. The van der Waals surface area contributed by atoms with E-state index >= 15 is 0 Å². The second-order valence-electron chi connectivity index (χ2n) is 8.54. The Balaban J connectivity index is 1.36. The zero-order valence-corrected chi connectivity index (χ0v) is 17.7. The fourth-order valence-corrected chi connectivity index (χ4v) is 4.62. The van der Waals surface area contributed by atoms with Crippen molar-refractivity contribution in [2.75, 3.05) is 19.6 Å². The molecule has 0 amide bonds. The maximum atomic E-state index is 13.4. The van der Waals surface area contributed by atoms with Gasteiger partial charge in [0.2, 0.25) is 0 Å². The number of hydrogen-bond donors (Lipinski definition) is 1. The van der Waals surface area contributed by atoms with Gasteiger partial charge in [0.05, 0.1) is 5.60 Å². The van der Waals surface area contributed by atoms with Gasteiger partial charge in [-0.2, -0.15) is 0 Å². The van der Waals surface area contributed by atoms with E-state index in [1.54, 1.807) is 0 Å². The molecule has 0 unspecified atom stereocenters. The summed E-state index contributed by atoms with van der Waals surface area (Å²) in [4.78, 5) is 2.41. The molecule has 0 atom stereocenters. The van der Waals surface area contributed by atoms with Crippen LogP contribution in [0.3, 0.4) is 0 Å². The highest BCUT2D eigenvalue weighted by molar-refractivity contribution is 5.32. The third kappa shape index (κ3) is 5.38. The molecule has 0 aromatic heterocycles. The van der Waals surface area contributed by atoms with Crippen molar-refractivity contribution in [1.82, 2.24) is 4.90 Å². The van der Waals surface area contributed by atoms with Crippen LogP contribution >= 0.6 is 0 Å². The molecule has 2 nitrogen and oxygen atoms in total. The van der Waals surface area contributed by atoms with Gasteiger partial charge < -0.3 is 10.0 Å². The molecule has 3 aromatic carbocycles. The van der Waals surface area contributed by atoms with Crippen LogP contribution in [0, 0.1) is 11.6 Å². The van der Waals surface area contributed by atoms with Crippen molar-refractivity contribution in [2.45, 2.75) is 37.2 Å². The summed E-state index contributed by atoms with van der Waals surface area (Å²) in [7, 11) is 0. The monoisotopic (exact) mass is 421 g/mol. The first kappa shape index (κ1) is 21.7. The van der Waals surface area contributed by atoms with Crippen LogP contribution in [0.2, 0.25) is 0 Å². The van der Waals surface area contributed by atoms with E-state index in [1.807, 2.05) is 54.6 Å². The second kappa shape index (κ2) is 9.71. The normalized spacial score (nSPS) is 16.5. The molecule has 3 aromatic rings. The first-order chi connectivity index (χ1) is 15.0. The Bertz CT molecular complexity index is 903. The summed E-state index contributed by atoms with van der Waals surface area (Å²) in [6.07, 6.45) is 3.34. The van der Waals surface area contributed by atoms with Crippen LogP contribution in [0.15, 0.2) is 78.9 Å². The molecule has 162 valence electrons. The van der Waals surface area contributed by atoms with E-state index in [4.69, 9.17) is 0 Å². The van der Waals surface area contributed by atoms with Gasteiger partial charge in [0.1, 0.15) is 11.6 Å². The lowest BCUT2D eigenvalue weighted by Crippen LogP contribution is -2.42. The Kier molecular flexibility index (Phi) is 6.79. The first-order valence-corrected chi connectivity index (χ1v) is 11.0. The van der Waals surface area contributed by atoms with Gasteiger partial charge in [0.15, 0.2) is 0 Å². The van der Waals surface area contributed by atoms with Crippen LogP contribution < -0.4 is 0 Å².